The van der Waals surface area contributed by atoms with Crippen LogP contribution in [0.4, 0.5) is 0 Å². The molecule has 0 heterocycles. The van der Waals surface area contributed by atoms with Gasteiger partial charge in [0.2, 0.25) is 6.79 Å². The third-order valence-electron chi connectivity index (χ3n) is 4.81. The fourth-order valence-electron chi connectivity index (χ4n) is 2.87. The Hall–Kier alpha value is -3.28. The van der Waals surface area contributed by atoms with Gasteiger partial charge in [0.05, 0.1) is 18.6 Å². The van der Waals surface area contributed by atoms with E-state index in [9.17, 15) is 9.59 Å². The molecule has 34 heavy (non-hydrogen) atoms. The van der Waals surface area contributed by atoms with Crippen molar-refractivity contribution in [1.29, 1.82) is 0 Å². The molecular weight excluding hydrogens is 432 g/mol. The van der Waals surface area contributed by atoms with Gasteiger partial charge >= 0.3 is 5.97 Å². The molecule has 0 aliphatic carbocycles. The van der Waals surface area contributed by atoms with Gasteiger partial charge in [-0.1, -0.05) is 13.8 Å². The zero-order valence-corrected chi connectivity index (χ0v) is 21.1. The van der Waals surface area contributed by atoms with E-state index in [0.29, 0.717) is 30.3 Å². The first-order valence-electron chi connectivity index (χ1n) is 11.7. The van der Waals surface area contributed by atoms with Crippen LogP contribution in [0.5, 0.6) is 17.2 Å². The van der Waals surface area contributed by atoms with E-state index in [-0.39, 0.29) is 18.5 Å². The molecule has 0 aromatic heterocycles. The first-order chi connectivity index (χ1) is 16.2. The van der Waals surface area contributed by atoms with Crippen molar-refractivity contribution < 1.29 is 28.5 Å². The smallest absolute Gasteiger partial charge is 0.314 e. The van der Waals surface area contributed by atoms with Crippen LogP contribution in [-0.2, 0) is 9.53 Å². The molecule has 2 aromatic rings. The van der Waals surface area contributed by atoms with Crippen molar-refractivity contribution >= 4 is 17.8 Å². The third kappa shape index (κ3) is 8.25. The number of ether oxygens (including phenoxy) is 4. The number of esters is 1. The number of hydrogen-bond donors (Lipinski definition) is 0. The highest BCUT2D eigenvalue weighted by Gasteiger charge is 2.23. The molecule has 2 rings (SSSR count). The zero-order valence-electron chi connectivity index (χ0n) is 21.1. The van der Waals surface area contributed by atoms with Crippen molar-refractivity contribution in [1.82, 2.24) is 0 Å². The van der Waals surface area contributed by atoms with Crippen LogP contribution < -0.4 is 14.2 Å². The Morgan fingerprint density at radius 1 is 0.882 bits per heavy atom. The van der Waals surface area contributed by atoms with Crippen molar-refractivity contribution in [2.75, 3.05) is 20.0 Å². The van der Waals surface area contributed by atoms with Crippen LogP contribution in [0, 0.1) is 12.3 Å². The summed E-state index contributed by atoms with van der Waals surface area (Å²) in [5.74, 6) is 1.51. The summed E-state index contributed by atoms with van der Waals surface area (Å²) >= 11 is 0. The SMILES string of the molecule is CCCOc1cc(OCCC)c(C=CC(=O)c2ccc(OCOC(=O)C(C)(C)C)cc2)cc1C. The normalized spacial score (nSPS) is 11.4. The summed E-state index contributed by atoms with van der Waals surface area (Å²) in [4.78, 5) is 24.5. The number of carbonyl (C=O) groups excluding carboxylic acids is 2. The molecule has 2 aromatic carbocycles. The van der Waals surface area contributed by atoms with Crippen LogP contribution in [0.3, 0.4) is 0 Å². The van der Waals surface area contributed by atoms with Gasteiger partial charge in [-0.25, -0.2) is 0 Å². The van der Waals surface area contributed by atoms with Crippen LogP contribution >= 0.6 is 0 Å². The first-order valence-corrected chi connectivity index (χ1v) is 11.7. The van der Waals surface area contributed by atoms with E-state index in [4.69, 9.17) is 18.9 Å². The number of carbonyl (C=O) groups is 2. The summed E-state index contributed by atoms with van der Waals surface area (Å²) in [7, 11) is 0. The maximum atomic E-state index is 12.7. The molecule has 0 saturated carbocycles. The summed E-state index contributed by atoms with van der Waals surface area (Å²) in [6, 6.07) is 10.6. The van der Waals surface area contributed by atoms with Gasteiger partial charge in [-0.05, 0) is 88.6 Å². The molecular formula is C28H36O6. The van der Waals surface area contributed by atoms with Crippen LogP contribution in [-0.4, -0.2) is 31.8 Å². The first kappa shape index (κ1) is 27.0. The minimum atomic E-state index is -0.588. The lowest BCUT2D eigenvalue weighted by molar-refractivity contribution is -0.159. The van der Waals surface area contributed by atoms with Gasteiger partial charge in [0.15, 0.2) is 5.78 Å². The highest BCUT2D eigenvalue weighted by atomic mass is 16.7. The monoisotopic (exact) mass is 468 g/mol. The summed E-state index contributed by atoms with van der Waals surface area (Å²) < 4.78 is 22.2. The molecule has 0 radical (unpaired) electrons. The second-order valence-corrected chi connectivity index (χ2v) is 9.02. The Labute approximate surface area is 202 Å². The van der Waals surface area contributed by atoms with Crippen LogP contribution in [0.2, 0.25) is 0 Å². The van der Waals surface area contributed by atoms with Gasteiger partial charge in [0, 0.05) is 17.2 Å². The number of rotatable bonds is 12. The summed E-state index contributed by atoms with van der Waals surface area (Å²) in [5.41, 5.74) is 1.74. The summed E-state index contributed by atoms with van der Waals surface area (Å²) in [6.07, 6.45) is 5.10. The van der Waals surface area contributed by atoms with Crippen LogP contribution in [0.25, 0.3) is 6.08 Å². The highest BCUT2D eigenvalue weighted by Crippen LogP contribution is 2.30. The molecule has 0 aliphatic heterocycles. The van der Waals surface area contributed by atoms with E-state index in [1.54, 1.807) is 51.1 Å². The van der Waals surface area contributed by atoms with Gasteiger partial charge < -0.3 is 18.9 Å². The van der Waals surface area contributed by atoms with Crippen molar-refractivity contribution in [3.05, 3.63) is 59.2 Å². The minimum Gasteiger partial charge on any atom is -0.493 e. The van der Waals surface area contributed by atoms with Gasteiger partial charge in [-0.3, -0.25) is 9.59 Å². The second kappa shape index (κ2) is 12.8. The van der Waals surface area contributed by atoms with E-state index >= 15 is 0 Å². The lowest BCUT2D eigenvalue weighted by Crippen LogP contribution is -2.24. The maximum Gasteiger partial charge on any atom is 0.314 e. The van der Waals surface area contributed by atoms with Crippen molar-refractivity contribution in [3.63, 3.8) is 0 Å². The Bertz CT molecular complexity index is 983. The van der Waals surface area contributed by atoms with E-state index in [2.05, 4.69) is 6.92 Å². The van der Waals surface area contributed by atoms with Gasteiger partial charge in [-0.15, -0.1) is 0 Å². The second-order valence-electron chi connectivity index (χ2n) is 9.02. The van der Waals surface area contributed by atoms with Crippen molar-refractivity contribution in [3.8, 4) is 17.2 Å². The van der Waals surface area contributed by atoms with E-state index < -0.39 is 5.41 Å². The minimum absolute atomic E-state index is 0.142. The molecule has 0 unspecified atom stereocenters. The van der Waals surface area contributed by atoms with Crippen LogP contribution in [0.15, 0.2) is 42.5 Å². The average Bonchev–Trinajstić information content (AvgIpc) is 2.80. The molecule has 0 saturated heterocycles. The van der Waals surface area contributed by atoms with Gasteiger partial charge in [0.25, 0.3) is 0 Å². The third-order valence-corrected chi connectivity index (χ3v) is 4.81. The topological polar surface area (TPSA) is 71.1 Å². The molecule has 6 nitrogen and oxygen atoms in total. The predicted molar refractivity (Wildman–Crippen MR) is 134 cm³/mol. The summed E-state index contributed by atoms with van der Waals surface area (Å²) in [6.45, 7) is 12.5. The van der Waals surface area contributed by atoms with Gasteiger partial charge in [0.1, 0.15) is 17.2 Å². The largest absolute Gasteiger partial charge is 0.493 e. The predicted octanol–water partition coefficient (Wildman–Crippen LogP) is 6.39. The lowest BCUT2D eigenvalue weighted by atomic mass is 9.98. The molecule has 0 N–H and O–H groups in total. The number of ketones is 1. The maximum absolute atomic E-state index is 12.7. The average molecular weight is 469 g/mol. The van der Waals surface area contributed by atoms with Crippen molar-refractivity contribution in [2.24, 2.45) is 5.41 Å². The number of benzene rings is 2. The molecule has 184 valence electrons. The van der Waals surface area contributed by atoms with E-state index in [0.717, 1.165) is 29.7 Å². The lowest BCUT2D eigenvalue weighted by Gasteiger charge is -2.16. The Morgan fingerprint density at radius 3 is 2.09 bits per heavy atom. The summed E-state index contributed by atoms with van der Waals surface area (Å²) in [5, 5.41) is 0. The van der Waals surface area contributed by atoms with E-state index in [1.807, 2.05) is 26.0 Å². The standard InChI is InChI=1S/C28H36O6/c1-7-15-31-25-18-26(32-16-8-2)22(17-20(25)3)11-14-24(29)21-9-12-23(13-10-21)33-19-34-27(30)28(4,5)6/h9-14,17-18H,7-8,15-16,19H2,1-6H3. The van der Waals surface area contributed by atoms with E-state index in [1.165, 1.54) is 6.08 Å². The molecule has 0 atom stereocenters. The highest BCUT2D eigenvalue weighted by molar-refractivity contribution is 6.07. The fourth-order valence-corrected chi connectivity index (χ4v) is 2.87. The Morgan fingerprint density at radius 2 is 1.50 bits per heavy atom. The number of hydrogen-bond acceptors (Lipinski definition) is 6. The molecule has 0 aliphatic rings. The van der Waals surface area contributed by atoms with Gasteiger partial charge in [-0.2, -0.15) is 0 Å². The molecule has 0 fully saturated rings. The Kier molecular flexibility index (Phi) is 10.2. The van der Waals surface area contributed by atoms with Crippen LogP contribution in [0.1, 0.15) is 68.9 Å². The molecule has 0 spiro atoms. The molecule has 0 bridgehead atoms. The molecule has 6 heteroatoms. The Balaban J connectivity index is 2.06. The quantitative estimate of drug-likeness (QED) is 0.155. The van der Waals surface area contributed by atoms with Crippen molar-refractivity contribution in [2.45, 2.75) is 54.4 Å². The number of aryl methyl sites for hydroxylation is 1. The zero-order chi connectivity index (χ0) is 25.1. The fraction of sp³-hybridized carbons (Fsp3) is 0.429. The molecule has 0 amide bonds. The number of allylic oxidation sites excluding steroid dienone is 1.